The first-order valence-electron chi connectivity index (χ1n) is 6.21. The van der Waals surface area contributed by atoms with Crippen molar-refractivity contribution in [1.82, 2.24) is 0 Å². The van der Waals surface area contributed by atoms with E-state index in [4.69, 9.17) is 5.73 Å². The lowest BCUT2D eigenvalue weighted by atomic mass is 9.99. The van der Waals surface area contributed by atoms with E-state index in [-0.39, 0.29) is 17.4 Å². The second-order valence-corrected chi connectivity index (χ2v) is 5.56. The highest BCUT2D eigenvalue weighted by molar-refractivity contribution is 5.57. The van der Waals surface area contributed by atoms with Gasteiger partial charge in [-0.15, -0.1) is 6.58 Å². The van der Waals surface area contributed by atoms with Gasteiger partial charge in [-0.05, 0) is 51.5 Å². The Morgan fingerprint density at radius 3 is 2.50 bits per heavy atom. The van der Waals surface area contributed by atoms with Gasteiger partial charge in [0.15, 0.2) is 0 Å². The molecule has 0 aliphatic carbocycles. The molecule has 100 valence electrons. The second kappa shape index (κ2) is 5.53. The van der Waals surface area contributed by atoms with Crippen molar-refractivity contribution >= 4 is 5.69 Å². The summed E-state index contributed by atoms with van der Waals surface area (Å²) in [5.74, 6) is -0.251. The zero-order valence-electron chi connectivity index (χ0n) is 11.7. The van der Waals surface area contributed by atoms with E-state index in [0.717, 1.165) is 11.3 Å². The lowest BCUT2D eigenvalue weighted by Gasteiger charge is -2.38. The van der Waals surface area contributed by atoms with Crippen molar-refractivity contribution in [2.24, 2.45) is 5.73 Å². The molecule has 0 saturated carbocycles. The maximum Gasteiger partial charge on any atom is 0.123 e. The molecule has 0 unspecified atom stereocenters. The molecule has 1 aromatic carbocycles. The van der Waals surface area contributed by atoms with Crippen LogP contribution in [0.5, 0.6) is 0 Å². The highest BCUT2D eigenvalue weighted by Crippen LogP contribution is 2.31. The predicted octanol–water partition coefficient (Wildman–Crippen LogP) is 3.64. The number of halogens is 1. The molecule has 0 spiro atoms. The van der Waals surface area contributed by atoms with Crippen molar-refractivity contribution in [2.75, 3.05) is 11.4 Å². The summed E-state index contributed by atoms with van der Waals surface area (Å²) in [4.78, 5) is 2.18. The van der Waals surface area contributed by atoms with Crippen LogP contribution in [0.1, 0.15) is 39.3 Å². The smallest absolute Gasteiger partial charge is 0.123 e. The molecule has 0 aliphatic rings. The van der Waals surface area contributed by atoms with Crippen molar-refractivity contribution in [1.29, 1.82) is 0 Å². The summed E-state index contributed by atoms with van der Waals surface area (Å²) < 4.78 is 13.4. The van der Waals surface area contributed by atoms with Crippen molar-refractivity contribution in [3.63, 3.8) is 0 Å². The van der Waals surface area contributed by atoms with E-state index in [0.29, 0.717) is 6.54 Å². The second-order valence-electron chi connectivity index (χ2n) is 5.56. The molecular formula is C15H23FN2. The van der Waals surface area contributed by atoms with Crippen LogP contribution in [0.15, 0.2) is 30.9 Å². The average molecular weight is 250 g/mol. The standard InChI is InChI=1S/C15H23FN2/c1-6-9-18(15(3,4)5)14-8-7-12(16)10-13(14)11(2)17/h6-8,10-11H,1,9,17H2,2-5H3/t11-/m0/s1. The lowest BCUT2D eigenvalue weighted by Crippen LogP contribution is -2.42. The topological polar surface area (TPSA) is 29.3 Å². The molecule has 0 radical (unpaired) electrons. The maximum atomic E-state index is 13.4. The molecule has 0 aromatic heterocycles. The Morgan fingerprint density at radius 1 is 1.44 bits per heavy atom. The summed E-state index contributed by atoms with van der Waals surface area (Å²) in [7, 11) is 0. The Morgan fingerprint density at radius 2 is 2.06 bits per heavy atom. The summed E-state index contributed by atoms with van der Waals surface area (Å²) in [5.41, 5.74) is 7.66. The number of nitrogens with two attached hydrogens (primary N) is 1. The SMILES string of the molecule is C=CCN(c1ccc(F)cc1[C@H](C)N)C(C)(C)C. The van der Waals surface area contributed by atoms with E-state index < -0.39 is 0 Å². The normalized spacial score (nSPS) is 13.2. The highest BCUT2D eigenvalue weighted by Gasteiger charge is 2.23. The van der Waals surface area contributed by atoms with E-state index in [2.05, 4.69) is 32.3 Å². The molecule has 1 rings (SSSR count). The molecule has 1 aromatic rings. The van der Waals surface area contributed by atoms with E-state index >= 15 is 0 Å². The van der Waals surface area contributed by atoms with Crippen molar-refractivity contribution in [2.45, 2.75) is 39.3 Å². The van der Waals surface area contributed by atoms with Crippen molar-refractivity contribution in [3.8, 4) is 0 Å². The molecule has 2 N–H and O–H groups in total. The molecule has 0 aliphatic heterocycles. The molecule has 0 amide bonds. The average Bonchev–Trinajstić information content (AvgIpc) is 2.24. The van der Waals surface area contributed by atoms with Gasteiger partial charge in [0.25, 0.3) is 0 Å². The predicted molar refractivity (Wildman–Crippen MR) is 76.3 cm³/mol. The highest BCUT2D eigenvalue weighted by atomic mass is 19.1. The van der Waals surface area contributed by atoms with Gasteiger partial charge in [0.2, 0.25) is 0 Å². The third-order valence-electron chi connectivity index (χ3n) is 2.89. The molecule has 0 heterocycles. The van der Waals surface area contributed by atoms with Gasteiger partial charge in [-0.1, -0.05) is 6.08 Å². The Kier molecular flexibility index (Phi) is 4.52. The summed E-state index contributed by atoms with van der Waals surface area (Å²) in [6.45, 7) is 12.7. The van der Waals surface area contributed by atoms with Crippen LogP contribution in [-0.2, 0) is 0 Å². The number of anilines is 1. The van der Waals surface area contributed by atoms with Crippen molar-refractivity contribution < 1.29 is 4.39 Å². The Balaban J connectivity index is 3.31. The largest absolute Gasteiger partial charge is 0.363 e. The van der Waals surface area contributed by atoms with Crippen LogP contribution in [0.2, 0.25) is 0 Å². The minimum Gasteiger partial charge on any atom is -0.363 e. The Labute approximate surface area is 109 Å². The molecule has 2 nitrogen and oxygen atoms in total. The molecule has 0 saturated heterocycles. The molecule has 3 heteroatoms. The van der Waals surface area contributed by atoms with Gasteiger partial charge in [0.1, 0.15) is 5.82 Å². The van der Waals surface area contributed by atoms with Crippen molar-refractivity contribution in [3.05, 3.63) is 42.2 Å². The fourth-order valence-corrected chi connectivity index (χ4v) is 2.00. The monoisotopic (exact) mass is 250 g/mol. The van der Waals surface area contributed by atoms with Gasteiger partial charge < -0.3 is 10.6 Å². The van der Waals surface area contributed by atoms with Gasteiger partial charge >= 0.3 is 0 Å². The third kappa shape index (κ3) is 3.33. The molecule has 1 atom stereocenters. The first-order valence-corrected chi connectivity index (χ1v) is 6.21. The quantitative estimate of drug-likeness (QED) is 0.827. The fourth-order valence-electron chi connectivity index (χ4n) is 2.00. The van der Waals surface area contributed by atoms with Gasteiger partial charge in [-0.25, -0.2) is 4.39 Å². The van der Waals surface area contributed by atoms with E-state index in [1.165, 1.54) is 12.1 Å². The number of hydrogen-bond acceptors (Lipinski definition) is 2. The van der Waals surface area contributed by atoms with Gasteiger partial charge in [0.05, 0.1) is 0 Å². The summed E-state index contributed by atoms with van der Waals surface area (Å²) in [6.07, 6.45) is 1.85. The zero-order valence-corrected chi connectivity index (χ0v) is 11.7. The molecule has 0 bridgehead atoms. The molecule has 0 fully saturated rings. The number of nitrogens with zero attached hydrogens (tertiary/aromatic N) is 1. The van der Waals surface area contributed by atoms with Gasteiger partial charge in [0, 0.05) is 23.8 Å². The summed E-state index contributed by atoms with van der Waals surface area (Å²) in [6, 6.07) is 4.58. The van der Waals surface area contributed by atoms with Crippen LogP contribution in [0.25, 0.3) is 0 Å². The van der Waals surface area contributed by atoms with E-state index in [1.807, 2.05) is 13.0 Å². The number of hydrogen-bond donors (Lipinski definition) is 1. The number of benzene rings is 1. The number of rotatable bonds is 4. The van der Waals surface area contributed by atoms with Crippen LogP contribution in [0.3, 0.4) is 0 Å². The minimum atomic E-state index is -0.251. The van der Waals surface area contributed by atoms with Crippen LogP contribution >= 0.6 is 0 Å². The maximum absolute atomic E-state index is 13.4. The first-order chi connectivity index (χ1) is 8.27. The first kappa shape index (κ1) is 14.7. The minimum absolute atomic E-state index is 0.0738. The van der Waals surface area contributed by atoms with Gasteiger partial charge in [-0.2, -0.15) is 0 Å². The van der Waals surface area contributed by atoms with Crippen LogP contribution < -0.4 is 10.6 Å². The molecule has 18 heavy (non-hydrogen) atoms. The fraction of sp³-hybridized carbons (Fsp3) is 0.467. The zero-order chi connectivity index (χ0) is 13.9. The summed E-state index contributed by atoms with van der Waals surface area (Å²) in [5, 5.41) is 0. The van der Waals surface area contributed by atoms with Gasteiger partial charge in [-0.3, -0.25) is 0 Å². The van der Waals surface area contributed by atoms with E-state index in [1.54, 1.807) is 6.07 Å². The molecular weight excluding hydrogens is 227 g/mol. The Bertz CT molecular complexity index is 419. The van der Waals surface area contributed by atoms with Crippen LogP contribution in [0, 0.1) is 5.82 Å². The summed E-state index contributed by atoms with van der Waals surface area (Å²) >= 11 is 0. The Hall–Kier alpha value is -1.35. The van der Waals surface area contributed by atoms with E-state index in [9.17, 15) is 4.39 Å². The van der Waals surface area contributed by atoms with Crippen LogP contribution in [-0.4, -0.2) is 12.1 Å². The third-order valence-corrected chi connectivity index (χ3v) is 2.89. The lowest BCUT2D eigenvalue weighted by molar-refractivity contribution is 0.518. The van der Waals surface area contributed by atoms with Crippen LogP contribution in [0.4, 0.5) is 10.1 Å².